The molecule has 1 aliphatic heterocycles. The molecule has 2 unspecified atom stereocenters. The molecule has 4 N–H and O–H groups in total. The summed E-state index contributed by atoms with van der Waals surface area (Å²) in [5.74, 6) is 0.956. The van der Waals surface area contributed by atoms with Gasteiger partial charge in [0, 0.05) is 13.1 Å². The predicted octanol–water partition coefficient (Wildman–Crippen LogP) is 1.09. The van der Waals surface area contributed by atoms with E-state index in [2.05, 4.69) is 17.1 Å². The zero-order valence-electron chi connectivity index (χ0n) is 13.1. The van der Waals surface area contributed by atoms with Gasteiger partial charge < -0.3 is 15.7 Å². The molecule has 1 aromatic heterocycles. The second-order valence-electron chi connectivity index (χ2n) is 5.72. The van der Waals surface area contributed by atoms with Crippen molar-refractivity contribution in [1.29, 1.82) is 5.41 Å². The third kappa shape index (κ3) is 3.00. The molecule has 0 amide bonds. The minimum absolute atomic E-state index is 0.0274. The summed E-state index contributed by atoms with van der Waals surface area (Å²) in [4.78, 5) is 2.01. The average Bonchev–Trinajstić information content (AvgIpc) is 2.48. The number of aliphatic hydroxyl groups is 1. The fourth-order valence-electron chi connectivity index (χ4n) is 2.91. The zero-order chi connectivity index (χ0) is 15.6. The van der Waals surface area contributed by atoms with Gasteiger partial charge in [0.1, 0.15) is 5.84 Å². The molecule has 0 bridgehead atoms. The average molecular weight is 291 g/mol. The van der Waals surface area contributed by atoms with Crippen LogP contribution < -0.4 is 10.6 Å². The number of anilines is 1. The minimum Gasteiger partial charge on any atom is -0.391 e. The SMILES string of the molecule is CCc1nnc(N2CCC(C)C(O)C2)c(C(=N)N)c1CC. The van der Waals surface area contributed by atoms with Crippen molar-refractivity contribution in [3.05, 3.63) is 16.8 Å². The second kappa shape index (κ2) is 6.39. The second-order valence-corrected chi connectivity index (χ2v) is 5.72. The van der Waals surface area contributed by atoms with Crippen molar-refractivity contribution in [3.63, 3.8) is 0 Å². The maximum absolute atomic E-state index is 10.1. The number of aliphatic hydroxyl groups excluding tert-OH is 1. The highest BCUT2D eigenvalue weighted by molar-refractivity contribution is 6.01. The normalized spacial score (nSPS) is 22.4. The molecule has 0 radical (unpaired) electrons. The Hall–Kier alpha value is -1.69. The standard InChI is InChI=1S/C15H25N5O/c1-4-10-11(5-2)18-19-15(13(10)14(16)17)20-7-6-9(3)12(21)8-20/h9,12,21H,4-8H2,1-3H3,(H3,16,17). The number of aryl methyl sites for hydroxylation is 1. The van der Waals surface area contributed by atoms with Crippen LogP contribution in [0.5, 0.6) is 0 Å². The van der Waals surface area contributed by atoms with Gasteiger partial charge in [0.2, 0.25) is 0 Å². The lowest BCUT2D eigenvalue weighted by molar-refractivity contribution is 0.102. The van der Waals surface area contributed by atoms with Crippen LogP contribution in [0.15, 0.2) is 0 Å². The molecule has 6 nitrogen and oxygen atoms in total. The van der Waals surface area contributed by atoms with E-state index in [1.807, 2.05) is 18.7 Å². The number of hydrogen-bond donors (Lipinski definition) is 3. The highest BCUT2D eigenvalue weighted by Crippen LogP contribution is 2.27. The number of nitrogen functional groups attached to an aromatic ring is 1. The molecule has 1 aliphatic rings. The van der Waals surface area contributed by atoms with Gasteiger partial charge in [-0.05, 0) is 30.7 Å². The van der Waals surface area contributed by atoms with E-state index < -0.39 is 0 Å². The lowest BCUT2D eigenvalue weighted by Gasteiger charge is -2.36. The maximum atomic E-state index is 10.1. The molecule has 2 atom stereocenters. The van der Waals surface area contributed by atoms with E-state index >= 15 is 0 Å². The highest BCUT2D eigenvalue weighted by Gasteiger charge is 2.28. The molecule has 0 spiro atoms. The lowest BCUT2D eigenvalue weighted by atomic mass is 9.95. The number of nitrogens with one attached hydrogen (secondary N) is 1. The molecular weight excluding hydrogens is 266 g/mol. The van der Waals surface area contributed by atoms with Crippen LogP contribution in [0.25, 0.3) is 0 Å². The largest absolute Gasteiger partial charge is 0.391 e. The van der Waals surface area contributed by atoms with Crippen LogP contribution in [-0.2, 0) is 12.8 Å². The Balaban J connectivity index is 2.46. The molecule has 116 valence electrons. The van der Waals surface area contributed by atoms with Crippen LogP contribution in [0, 0.1) is 11.3 Å². The Morgan fingerprint density at radius 3 is 2.62 bits per heavy atom. The minimum atomic E-state index is -0.378. The van der Waals surface area contributed by atoms with E-state index in [4.69, 9.17) is 11.1 Å². The van der Waals surface area contributed by atoms with E-state index in [1.54, 1.807) is 0 Å². The van der Waals surface area contributed by atoms with Gasteiger partial charge in [-0.1, -0.05) is 20.8 Å². The molecular formula is C15H25N5O. The van der Waals surface area contributed by atoms with Crippen LogP contribution in [0.4, 0.5) is 5.82 Å². The lowest BCUT2D eigenvalue weighted by Crippen LogP contribution is -2.44. The van der Waals surface area contributed by atoms with Gasteiger partial charge >= 0.3 is 0 Å². The van der Waals surface area contributed by atoms with Crippen molar-refractivity contribution in [3.8, 4) is 0 Å². The molecule has 1 fully saturated rings. The van der Waals surface area contributed by atoms with Gasteiger partial charge in [-0.15, -0.1) is 5.10 Å². The summed E-state index contributed by atoms with van der Waals surface area (Å²) >= 11 is 0. The van der Waals surface area contributed by atoms with Crippen molar-refractivity contribution in [1.82, 2.24) is 10.2 Å². The van der Waals surface area contributed by atoms with Gasteiger partial charge in [0.25, 0.3) is 0 Å². The maximum Gasteiger partial charge on any atom is 0.162 e. The third-order valence-corrected chi connectivity index (χ3v) is 4.32. The highest BCUT2D eigenvalue weighted by atomic mass is 16.3. The first-order chi connectivity index (χ1) is 9.99. The van der Waals surface area contributed by atoms with Gasteiger partial charge in [0.05, 0.1) is 17.4 Å². The van der Waals surface area contributed by atoms with Gasteiger partial charge in [0.15, 0.2) is 5.82 Å². The summed E-state index contributed by atoms with van der Waals surface area (Å²) < 4.78 is 0. The molecule has 1 saturated heterocycles. The smallest absolute Gasteiger partial charge is 0.162 e. The molecule has 1 aromatic rings. The Kier molecular flexibility index (Phi) is 4.77. The van der Waals surface area contributed by atoms with E-state index in [1.165, 1.54) is 0 Å². The number of amidine groups is 1. The first-order valence-electron chi connectivity index (χ1n) is 7.65. The molecule has 2 heterocycles. The molecule has 0 aromatic carbocycles. The topological polar surface area (TPSA) is 99.1 Å². The van der Waals surface area contributed by atoms with E-state index in [0.29, 0.717) is 17.9 Å². The number of nitrogens with two attached hydrogens (primary N) is 1. The Morgan fingerprint density at radius 1 is 1.38 bits per heavy atom. The summed E-state index contributed by atoms with van der Waals surface area (Å²) in [6.45, 7) is 7.45. The quantitative estimate of drug-likeness (QED) is 0.570. The summed E-state index contributed by atoms with van der Waals surface area (Å²) in [6.07, 6.45) is 2.07. The first kappa shape index (κ1) is 15.7. The zero-order valence-corrected chi connectivity index (χ0v) is 13.1. The van der Waals surface area contributed by atoms with Crippen LogP contribution in [0.2, 0.25) is 0 Å². The molecule has 6 heteroatoms. The van der Waals surface area contributed by atoms with Gasteiger partial charge in [-0.3, -0.25) is 5.41 Å². The Morgan fingerprint density at radius 2 is 2.10 bits per heavy atom. The van der Waals surface area contributed by atoms with Gasteiger partial charge in [-0.25, -0.2) is 0 Å². The van der Waals surface area contributed by atoms with Crippen LogP contribution in [0.3, 0.4) is 0 Å². The number of aromatic nitrogens is 2. The summed E-state index contributed by atoms with van der Waals surface area (Å²) in [5, 5.41) is 26.6. The number of hydrogen-bond acceptors (Lipinski definition) is 5. The van der Waals surface area contributed by atoms with E-state index in [9.17, 15) is 5.11 Å². The van der Waals surface area contributed by atoms with E-state index in [-0.39, 0.29) is 17.9 Å². The fourth-order valence-corrected chi connectivity index (χ4v) is 2.91. The molecule has 2 rings (SSSR count). The van der Waals surface area contributed by atoms with Crippen molar-refractivity contribution in [2.45, 2.75) is 46.1 Å². The number of rotatable bonds is 4. The Labute approximate surface area is 125 Å². The van der Waals surface area contributed by atoms with E-state index in [0.717, 1.165) is 37.1 Å². The number of β-amino-alcohol motifs (C(OH)–C–C–N with tert-alkyl or cyclic N) is 1. The number of piperidine rings is 1. The summed E-state index contributed by atoms with van der Waals surface area (Å²) in [6, 6.07) is 0. The fraction of sp³-hybridized carbons (Fsp3) is 0.667. The molecule has 0 saturated carbocycles. The molecule has 21 heavy (non-hydrogen) atoms. The van der Waals surface area contributed by atoms with Crippen molar-refractivity contribution < 1.29 is 5.11 Å². The van der Waals surface area contributed by atoms with Crippen LogP contribution in [0.1, 0.15) is 44.0 Å². The van der Waals surface area contributed by atoms with Crippen LogP contribution in [-0.4, -0.2) is 40.3 Å². The third-order valence-electron chi connectivity index (χ3n) is 4.32. The first-order valence-corrected chi connectivity index (χ1v) is 7.65. The van der Waals surface area contributed by atoms with Gasteiger partial charge in [-0.2, -0.15) is 5.10 Å². The molecule has 0 aliphatic carbocycles. The summed E-state index contributed by atoms with van der Waals surface area (Å²) in [5.41, 5.74) is 8.40. The number of nitrogens with zero attached hydrogens (tertiary/aromatic N) is 3. The van der Waals surface area contributed by atoms with Crippen molar-refractivity contribution in [2.24, 2.45) is 11.7 Å². The van der Waals surface area contributed by atoms with Crippen LogP contribution >= 0.6 is 0 Å². The Bertz CT molecular complexity index is 531. The predicted molar refractivity (Wildman–Crippen MR) is 83.8 cm³/mol. The summed E-state index contributed by atoms with van der Waals surface area (Å²) in [7, 11) is 0. The monoisotopic (exact) mass is 291 g/mol. The van der Waals surface area contributed by atoms with Crippen molar-refractivity contribution >= 4 is 11.7 Å². The van der Waals surface area contributed by atoms with Crippen molar-refractivity contribution in [2.75, 3.05) is 18.0 Å².